The van der Waals surface area contributed by atoms with Crippen LogP contribution in [0, 0.1) is 0 Å². The summed E-state index contributed by atoms with van der Waals surface area (Å²) in [5.41, 5.74) is 4.11. The van der Waals surface area contributed by atoms with Gasteiger partial charge in [-0.15, -0.1) is 0 Å². The summed E-state index contributed by atoms with van der Waals surface area (Å²) in [6.07, 6.45) is 0. The standard InChI is InChI=1S/C72H58N2O12/c1-35(2)47-23-13-24-48(36(3)4)67(47)73-69(79)51-31-55(83-43-19-9-15-39(75)27-43)61-63-57(85-45-21-11-17-41(77)29-45)33-53-60-54(72(82)74(71(53)81)68-49(37(5)6)25-14-26-50(68)38(7)8)34-58(86-46-22-12-18-42(78)30-46)64(66(60)63)62-56(84-44-20-10-16-40(76)28-44)32-52(70(73)80)59(51)65(61)62/h9-38,75-78H,1-8H3. The molecule has 0 bridgehead atoms. The van der Waals surface area contributed by atoms with Gasteiger partial charge in [0, 0.05) is 67.4 Å². The highest BCUT2D eigenvalue weighted by atomic mass is 16.5. The molecule has 11 aromatic carbocycles. The highest BCUT2D eigenvalue weighted by Crippen LogP contribution is 2.59. The van der Waals surface area contributed by atoms with Crippen molar-refractivity contribution in [3.8, 4) is 69.0 Å². The number of phenolic OH excluding ortho intramolecular Hbond substituents is 4. The minimum Gasteiger partial charge on any atom is -0.508 e. The molecule has 11 aromatic rings. The SMILES string of the molecule is CC(C)c1cccc(C(C)C)c1N1C(=O)c2cc(Oc3cccc(O)c3)c3c4c(Oc5cccc(O)c5)cc5c6c(cc(Oc7cccc(O)c7)c(c7c(Oc8cccc(O)c8)cc(c2c37)C1=O)c64)C(=O)N(c1c(C(C)C)cccc1C(C)C)C5=O. The third-order valence-corrected chi connectivity index (χ3v) is 16.2. The van der Waals surface area contributed by atoms with Gasteiger partial charge < -0.3 is 39.4 Å². The number of hydrogen-bond donors (Lipinski definition) is 4. The van der Waals surface area contributed by atoms with Crippen LogP contribution in [-0.2, 0) is 0 Å². The topological polar surface area (TPSA) is 193 Å². The zero-order chi connectivity index (χ0) is 60.3. The molecule has 0 saturated carbocycles. The van der Waals surface area contributed by atoms with E-state index < -0.39 is 23.6 Å². The Labute approximate surface area is 494 Å². The number of anilines is 2. The van der Waals surface area contributed by atoms with Crippen molar-refractivity contribution in [2.75, 3.05) is 9.80 Å². The molecule has 0 atom stereocenters. The molecule has 0 spiro atoms. The Hall–Kier alpha value is -10.6. The number of fused-ring (bicyclic) bond motifs is 2. The zero-order valence-corrected chi connectivity index (χ0v) is 48.3. The van der Waals surface area contributed by atoms with Gasteiger partial charge in [0.15, 0.2) is 0 Å². The smallest absolute Gasteiger partial charge is 0.266 e. The summed E-state index contributed by atoms with van der Waals surface area (Å²) in [7, 11) is 0. The van der Waals surface area contributed by atoms with Crippen LogP contribution in [-0.4, -0.2) is 44.1 Å². The van der Waals surface area contributed by atoms with Crippen LogP contribution >= 0.6 is 0 Å². The number of rotatable bonds is 14. The lowest BCUT2D eigenvalue weighted by Gasteiger charge is -2.35. The van der Waals surface area contributed by atoms with Crippen LogP contribution < -0.4 is 28.7 Å². The molecule has 14 heteroatoms. The third kappa shape index (κ3) is 8.77. The van der Waals surface area contributed by atoms with Gasteiger partial charge in [-0.05, 0) is 119 Å². The molecule has 0 aromatic heterocycles. The molecule has 2 aliphatic heterocycles. The van der Waals surface area contributed by atoms with E-state index in [0.717, 1.165) is 22.3 Å². The van der Waals surface area contributed by atoms with E-state index in [-0.39, 0.29) is 158 Å². The normalized spacial score (nSPS) is 13.3. The van der Waals surface area contributed by atoms with Gasteiger partial charge in [0.1, 0.15) is 69.0 Å². The first kappa shape index (κ1) is 54.6. The Bertz CT molecular complexity index is 4140. The molecule has 0 radical (unpaired) electrons. The number of imide groups is 2. The van der Waals surface area contributed by atoms with E-state index >= 15 is 19.2 Å². The molecule has 86 heavy (non-hydrogen) atoms. The van der Waals surface area contributed by atoms with Crippen LogP contribution in [0.5, 0.6) is 69.0 Å². The average Bonchev–Trinajstić information content (AvgIpc) is 0.717. The highest BCUT2D eigenvalue weighted by Gasteiger charge is 2.44. The monoisotopic (exact) mass is 1140 g/mol. The van der Waals surface area contributed by atoms with Crippen LogP contribution in [0.1, 0.15) is 143 Å². The lowest BCUT2D eigenvalue weighted by atomic mass is 9.80. The first-order valence-corrected chi connectivity index (χ1v) is 28.5. The summed E-state index contributed by atoms with van der Waals surface area (Å²) < 4.78 is 28.0. The third-order valence-electron chi connectivity index (χ3n) is 16.2. The molecule has 428 valence electrons. The number of phenols is 4. The maximum atomic E-state index is 16.1. The number of benzene rings is 11. The number of para-hydroxylation sites is 2. The minimum absolute atomic E-state index is 0.0220. The number of carbonyl (C=O) groups excluding carboxylic acids is 4. The van der Waals surface area contributed by atoms with Gasteiger partial charge in [0.2, 0.25) is 0 Å². The van der Waals surface area contributed by atoms with E-state index in [4.69, 9.17) is 18.9 Å². The Balaban J connectivity index is 1.27. The molecule has 2 aliphatic rings. The molecular formula is C72H58N2O12. The first-order chi connectivity index (χ1) is 41.3. The molecule has 4 N–H and O–H groups in total. The maximum Gasteiger partial charge on any atom is 0.266 e. The van der Waals surface area contributed by atoms with Crippen molar-refractivity contribution in [3.05, 3.63) is 202 Å². The predicted molar refractivity (Wildman–Crippen MR) is 332 cm³/mol. The summed E-state index contributed by atoms with van der Waals surface area (Å²) in [4.78, 5) is 67.0. The van der Waals surface area contributed by atoms with E-state index in [1.807, 2.05) is 91.8 Å². The maximum absolute atomic E-state index is 16.1. The Morgan fingerprint density at radius 1 is 0.291 bits per heavy atom. The van der Waals surface area contributed by atoms with Crippen molar-refractivity contribution in [2.24, 2.45) is 0 Å². The van der Waals surface area contributed by atoms with Crippen LogP contribution in [0.25, 0.3) is 43.1 Å². The van der Waals surface area contributed by atoms with Gasteiger partial charge in [0.05, 0.1) is 33.6 Å². The fraction of sp³-hybridized carbons (Fsp3) is 0.167. The van der Waals surface area contributed by atoms with Crippen LogP contribution in [0.15, 0.2) is 158 Å². The van der Waals surface area contributed by atoms with Gasteiger partial charge in [-0.1, -0.05) is 116 Å². The number of amides is 4. The lowest BCUT2D eigenvalue weighted by molar-refractivity contribution is 0.0877. The lowest BCUT2D eigenvalue weighted by Crippen LogP contribution is -2.42. The molecule has 0 unspecified atom stereocenters. The van der Waals surface area contributed by atoms with Crippen molar-refractivity contribution < 1.29 is 58.6 Å². The van der Waals surface area contributed by atoms with Gasteiger partial charge in [-0.25, -0.2) is 9.80 Å². The molecule has 13 rings (SSSR count). The molecule has 2 heterocycles. The number of nitrogens with zero attached hydrogens (tertiary/aromatic N) is 2. The van der Waals surface area contributed by atoms with E-state index in [1.54, 1.807) is 72.8 Å². The molecule has 0 saturated heterocycles. The fourth-order valence-electron chi connectivity index (χ4n) is 12.5. The summed E-state index contributed by atoms with van der Waals surface area (Å²) in [5, 5.41) is 45.7. The zero-order valence-electron chi connectivity index (χ0n) is 48.3. The van der Waals surface area contributed by atoms with Crippen molar-refractivity contribution in [3.63, 3.8) is 0 Å². The Kier molecular flexibility index (Phi) is 13.1. The number of hydrogen-bond acceptors (Lipinski definition) is 12. The van der Waals surface area contributed by atoms with Crippen molar-refractivity contribution in [1.82, 2.24) is 0 Å². The fourth-order valence-corrected chi connectivity index (χ4v) is 12.5. The summed E-state index contributed by atoms with van der Waals surface area (Å²) in [5.74, 6) is -3.08. The Morgan fingerprint density at radius 3 is 0.721 bits per heavy atom. The Morgan fingerprint density at radius 2 is 0.512 bits per heavy atom. The molecule has 14 nitrogen and oxygen atoms in total. The summed E-state index contributed by atoms with van der Waals surface area (Å²) in [6, 6.07) is 42.2. The first-order valence-electron chi connectivity index (χ1n) is 28.5. The largest absolute Gasteiger partial charge is 0.508 e. The highest BCUT2D eigenvalue weighted by molar-refractivity contribution is 6.48. The summed E-state index contributed by atoms with van der Waals surface area (Å²) >= 11 is 0. The minimum atomic E-state index is -0.667. The van der Waals surface area contributed by atoms with Gasteiger partial charge in [0.25, 0.3) is 23.6 Å². The van der Waals surface area contributed by atoms with E-state index in [0.29, 0.717) is 11.4 Å². The van der Waals surface area contributed by atoms with E-state index in [9.17, 15) is 20.4 Å². The van der Waals surface area contributed by atoms with Crippen LogP contribution in [0.2, 0.25) is 0 Å². The van der Waals surface area contributed by atoms with Crippen molar-refractivity contribution in [1.29, 1.82) is 0 Å². The van der Waals surface area contributed by atoms with Gasteiger partial charge in [-0.3, -0.25) is 19.2 Å². The number of carbonyl (C=O) groups is 4. The second-order valence-electron chi connectivity index (χ2n) is 23.2. The molecular weight excluding hydrogens is 1080 g/mol. The number of ether oxygens (including phenoxy) is 4. The van der Waals surface area contributed by atoms with Crippen molar-refractivity contribution in [2.45, 2.75) is 79.1 Å². The van der Waals surface area contributed by atoms with Gasteiger partial charge in [-0.2, -0.15) is 0 Å². The van der Waals surface area contributed by atoms with E-state index in [1.165, 1.54) is 58.3 Å². The molecule has 4 amide bonds. The second-order valence-corrected chi connectivity index (χ2v) is 23.2. The van der Waals surface area contributed by atoms with Gasteiger partial charge >= 0.3 is 0 Å². The summed E-state index contributed by atoms with van der Waals surface area (Å²) in [6.45, 7) is 16.0. The predicted octanol–water partition coefficient (Wildman–Crippen LogP) is 17.8. The van der Waals surface area contributed by atoms with Crippen LogP contribution in [0.3, 0.4) is 0 Å². The quantitative estimate of drug-likeness (QED) is 0.0458. The number of aromatic hydroxyl groups is 4. The van der Waals surface area contributed by atoms with Crippen LogP contribution in [0.4, 0.5) is 11.4 Å². The van der Waals surface area contributed by atoms with Crippen molar-refractivity contribution >= 4 is 78.1 Å². The molecule has 0 aliphatic carbocycles. The second kappa shape index (κ2) is 20.6. The average molecular weight is 1140 g/mol. The van der Waals surface area contributed by atoms with E-state index in [2.05, 4.69) is 0 Å². The molecule has 0 fully saturated rings.